The molecule has 0 radical (unpaired) electrons. The second-order valence-corrected chi connectivity index (χ2v) is 8.20. The molecule has 1 aliphatic carbocycles. The van der Waals surface area contributed by atoms with Gasteiger partial charge in [0.1, 0.15) is 4.32 Å². The largest absolute Gasteiger partial charge is 0.358 e. The molecule has 3 fully saturated rings. The molecule has 3 nitrogen and oxygen atoms in total. The third kappa shape index (κ3) is 3.73. The number of thiocarbonyl (C=S) groups is 1. The summed E-state index contributed by atoms with van der Waals surface area (Å²) in [4.78, 5) is 17.0. The van der Waals surface area contributed by atoms with Gasteiger partial charge in [-0.25, -0.2) is 0 Å². The first-order valence-corrected chi connectivity index (χ1v) is 9.86. The van der Waals surface area contributed by atoms with Gasteiger partial charge in [-0.15, -0.1) is 0 Å². The lowest BCUT2D eigenvalue weighted by molar-refractivity contribution is -0.134. The molecule has 0 aromatic heterocycles. The molecule has 0 aromatic rings. The fourth-order valence-corrected chi connectivity index (χ4v) is 5.27. The molecule has 2 atom stereocenters. The van der Waals surface area contributed by atoms with E-state index in [4.69, 9.17) is 12.2 Å². The van der Waals surface area contributed by atoms with Crippen LogP contribution in [-0.4, -0.2) is 51.5 Å². The van der Waals surface area contributed by atoms with E-state index in [0.29, 0.717) is 17.7 Å². The van der Waals surface area contributed by atoms with Crippen molar-refractivity contribution < 1.29 is 4.79 Å². The number of hydrogen-bond donors (Lipinski definition) is 0. The Morgan fingerprint density at radius 2 is 1.71 bits per heavy atom. The highest BCUT2D eigenvalue weighted by atomic mass is 32.2. The maximum Gasteiger partial charge on any atom is 0.233 e. The summed E-state index contributed by atoms with van der Waals surface area (Å²) in [6, 6.07) is 0.529. The molecule has 2 aliphatic heterocycles. The summed E-state index contributed by atoms with van der Waals surface area (Å²) in [6.45, 7) is 3.12. The van der Waals surface area contributed by atoms with Crippen LogP contribution in [-0.2, 0) is 4.79 Å². The zero-order valence-corrected chi connectivity index (χ0v) is 14.4. The van der Waals surface area contributed by atoms with Crippen molar-refractivity contribution in [1.82, 2.24) is 9.80 Å². The smallest absolute Gasteiger partial charge is 0.233 e. The van der Waals surface area contributed by atoms with Gasteiger partial charge in [-0.1, -0.05) is 36.8 Å². The summed E-state index contributed by atoms with van der Waals surface area (Å²) >= 11 is 7.05. The lowest BCUT2D eigenvalue weighted by atomic mass is 9.78. The number of nitrogens with zero attached hydrogens (tertiary/aromatic N) is 2. The minimum Gasteiger partial charge on any atom is -0.358 e. The number of thioether (sulfide) groups is 1. The predicted molar refractivity (Wildman–Crippen MR) is 92.6 cm³/mol. The minimum atomic E-state index is 0.318. The Morgan fingerprint density at radius 3 is 2.52 bits per heavy atom. The van der Waals surface area contributed by atoms with Crippen LogP contribution in [0.4, 0.5) is 0 Å². The summed E-state index contributed by atoms with van der Waals surface area (Å²) in [5, 5.41) is 0. The molecular weight excluding hydrogens is 300 g/mol. The molecule has 2 heterocycles. The topological polar surface area (TPSA) is 23.6 Å². The second kappa shape index (κ2) is 7.32. The van der Waals surface area contributed by atoms with Gasteiger partial charge in [-0.2, -0.15) is 0 Å². The number of carbonyl (C=O) groups excluding carboxylic acids is 1. The van der Waals surface area contributed by atoms with Crippen molar-refractivity contribution in [2.45, 2.75) is 57.4 Å². The van der Waals surface area contributed by atoms with E-state index in [2.05, 4.69) is 9.80 Å². The van der Waals surface area contributed by atoms with Crippen LogP contribution in [0.25, 0.3) is 0 Å². The summed E-state index contributed by atoms with van der Waals surface area (Å²) in [7, 11) is 0. The second-order valence-electron chi connectivity index (χ2n) is 6.59. The summed E-state index contributed by atoms with van der Waals surface area (Å²) < 4.78 is 0.929. The number of piperidine rings is 1. The quantitative estimate of drug-likeness (QED) is 0.727. The molecule has 1 amide bonds. The molecule has 0 N–H and O–H groups in total. The maximum absolute atomic E-state index is 12.6. The zero-order valence-electron chi connectivity index (χ0n) is 12.8. The highest BCUT2D eigenvalue weighted by molar-refractivity contribution is 8.23. The van der Waals surface area contributed by atoms with Gasteiger partial charge in [0, 0.05) is 25.7 Å². The fourth-order valence-electron chi connectivity index (χ4n) is 4.13. The number of likely N-dealkylation sites (tertiary alicyclic amines) is 2. The molecule has 3 aliphatic rings. The Balaban J connectivity index is 1.50. The van der Waals surface area contributed by atoms with Crippen molar-refractivity contribution in [2.75, 3.05) is 25.4 Å². The summed E-state index contributed by atoms with van der Waals surface area (Å²) in [5.74, 6) is 1.63. The molecule has 21 heavy (non-hydrogen) atoms. The number of rotatable bonds is 2. The Labute approximate surface area is 137 Å². The highest BCUT2D eigenvalue weighted by Crippen LogP contribution is 2.35. The lowest BCUT2D eigenvalue weighted by Gasteiger charge is -2.44. The predicted octanol–water partition coefficient (Wildman–Crippen LogP) is 3.28. The van der Waals surface area contributed by atoms with E-state index in [1.165, 1.54) is 51.4 Å². The standard InChI is InChI=1S/C16H26N2OS2/c19-15(12-21-16(20)17-9-3-4-10-17)18-11-5-7-13-6-1-2-8-14(13)18/h13-14H,1-12H2/t13-,14-/m0/s1. The Morgan fingerprint density at radius 1 is 1.00 bits per heavy atom. The van der Waals surface area contributed by atoms with E-state index in [1.807, 2.05) is 0 Å². The van der Waals surface area contributed by atoms with Gasteiger partial charge in [0.25, 0.3) is 0 Å². The molecule has 0 aromatic carbocycles. The molecule has 0 spiro atoms. The van der Waals surface area contributed by atoms with Crippen LogP contribution < -0.4 is 0 Å². The normalized spacial score (nSPS) is 29.3. The SMILES string of the molecule is O=C(CSC(=S)N1CCCC1)N1CCC[C@@H]2CCCC[C@@H]21. The molecule has 5 heteroatoms. The highest BCUT2D eigenvalue weighted by Gasteiger charge is 2.35. The monoisotopic (exact) mass is 326 g/mol. The maximum atomic E-state index is 12.6. The fraction of sp³-hybridized carbons (Fsp3) is 0.875. The van der Waals surface area contributed by atoms with Crippen LogP contribution in [0.2, 0.25) is 0 Å². The third-order valence-electron chi connectivity index (χ3n) is 5.25. The Hall–Kier alpha value is -0.290. The molecule has 2 saturated heterocycles. The number of amides is 1. The number of fused-ring (bicyclic) bond motifs is 1. The first-order valence-electron chi connectivity index (χ1n) is 8.47. The van der Waals surface area contributed by atoms with Gasteiger partial charge in [0.2, 0.25) is 5.91 Å². The van der Waals surface area contributed by atoms with E-state index in [1.54, 1.807) is 11.8 Å². The number of hydrogen-bond acceptors (Lipinski definition) is 3. The van der Waals surface area contributed by atoms with Gasteiger partial charge in [-0.05, 0) is 44.4 Å². The third-order valence-corrected chi connectivity index (χ3v) is 6.76. The van der Waals surface area contributed by atoms with Crippen molar-refractivity contribution in [2.24, 2.45) is 5.92 Å². The molecule has 0 bridgehead atoms. The Kier molecular flexibility index (Phi) is 5.43. The van der Waals surface area contributed by atoms with Gasteiger partial charge < -0.3 is 9.80 Å². The van der Waals surface area contributed by atoms with Crippen LogP contribution >= 0.6 is 24.0 Å². The average Bonchev–Trinajstić information content (AvgIpc) is 3.06. The van der Waals surface area contributed by atoms with E-state index in [0.717, 1.165) is 29.9 Å². The Bertz CT molecular complexity index is 394. The van der Waals surface area contributed by atoms with E-state index in [-0.39, 0.29) is 0 Å². The van der Waals surface area contributed by atoms with Gasteiger partial charge >= 0.3 is 0 Å². The van der Waals surface area contributed by atoms with Crippen molar-refractivity contribution in [3.05, 3.63) is 0 Å². The molecule has 118 valence electrons. The van der Waals surface area contributed by atoms with Crippen LogP contribution in [0.15, 0.2) is 0 Å². The lowest BCUT2D eigenvalue weighted by Crippen LogP contribution is -2.50. The average molecular weight is 327 g/mol. The van der Waals surface area contributed by atoms with Crippen LogP contribution in [0, 0.1) is 5.92 Å². The van der Waals surface area contributed by atoms with Crippen molar-refractivity contribution in [3.8, 4) is 0 Å². The summed E-state index contributed by atoms with van der Waals surface area (Å²) in [5.41, 5.74) is 0. The van der Waals surface area contributed by atoms with E-state index in [9.17, 15) is 4.79 Å². The van der Waals surface area contributed by atoms with Crippen molar-refractivity contribution in [1.29, 1.82) is 0 Å². The minimum absolute atomic E-state index is 0.318. The van der Waals surface area contributed by atoms with Crippen LogP contribution in [0.5, 0.6) is 0 Å². The van der Waals surface area contributed by atoms with Gasteiger partial charge in [-0.3, -0.25) is 4.79 Å². The first-order chi connectivity index (χ1) is 10.3. The molecule has 1 saturated carbocycles. The molecule has 3 rings (SSSR count). The molecule has 0 unspecified atom stereocenters. The first kappa shape index (κ1) is 15.6. The zero-order chi connectivity index (χ0) is 14.7. The van der Waals surface area contributed by atoms with Crippen molar-refractivity contribution in [3.63, 3.8) is 0 Å². The number of carbonyl (C=O) groups is 1. The van der Waals surface area contributed by atoms with Gasteiger partial charge in [0.05, 0.1) is 5.75 Å². The van der Waals surface area contributed by atoms with Crippen LogP contribution in [0.3, 0.4) is 0 Å². The van der Waals surface area contributed by atoms with Gasteiger partial charge in [0.15, 0.2) is 0 Å². The van der Waals surface area contributed by atoms with E-state index < -0.39 is 0 Å². The molecular formula is C16H26N2OS2. The summed E-state index contributed by atoms with van der Waals surface area (Å²) in [6.07, 6.45) is 10.2. The van der Waals surface area contributed by atoms with Crippen molar-refractivity contribution >= 4 is 34.2 Å². The van der Waals surface area contributed by atoms with Crippen LogP contribution in [0.1, 0.15) is 51.4 Å². The van der Waals surface area contributed by atoms with E-state index >= 15 is 0 Å².